The Morgan fingerprint density at radius 2 is 1.89 bits per heavy atom. The van der Waals surface area contributed by atoms with E-state index in [9.17, 15) is 17.6 Å². The molecule has 1 aliphatic rings. The minimum atomic E-state index is -3.92. The number of fused-ring (bicyclic) bond motifs is 1. The van der Waals surface area contributed by atoms with Gasteiger partial charge in [-0.3, -0.25) is 9.52 Å². The predicted molar refractivity (Wildman–Crippen MR) is 106 cm³/mol. The van der Waals surface area contributed by atoms with Crippen molar-refractivity contribution < 1.29 is 17.6 Å². The topological polar surface area (TPSA) is 79.4 Å². The fourth-order valence-electron chi connectivity index (χ4n) is 3.10. The molecule has 0 bridgehead atoms. The number of thiazole rings is 1. The Morgan fingerprint density at radius 3 is 2.64 bits per heavy atom. The van der Waals surface area contributed by atoms with Gasteiger partial charge in [-0.1, -0.05) is 29.5 Å². The van der Waals surface area contributed by atoms with Gasteiger partial charge < -0.3 is 4.90 Å². The number of benzene rings is 2. The Labute approximate surface area is 165 Å². The van der Waals surface area contributed by atoms with Gasteiger partial charge in [0.1, 0.15) is 10.7 Å². The van der Waals surface area contributed by atoms with Crippen LogP contribution in [0.25, 0.3) is 0 Å². The van der Waals surface area contributed by atoms with Crippen LogP contribution in [0.2, 0.25) is 0 Å². The summed E-state index contributed by atoms with van der Waals surface area (Å²) in [5, 5.41) is 0.0951. The first-order chi connectivity index (χ1) is 13.3. The Hall–Kier alpha value is -2.78. The maximum Gasteiger partial charge on any atom is 0.270 e. The lowest BCUT2D eigenvalue weighted by Crippen LogP contribution is -2.28. The van der Waals surface area contributed by atoms with Crippen LogP contribution >= 0.6 is 11.3 Å². The van der Waals surface area contributed by atoms with Crippen molar-refractivity contribution >= 4 is 38.1 Å². The van der Waals surface area contributed by atoms with Crippen LogP contribution in [0.5, 0.6) is 0 Å². The molecule has 0 saturated carbocycles. The van der Waals surface area contributed by atoms with Gasteiger partial charge >= 0.3 is 0 Å². The summed E-state index contributed by atoms with van der Waals surface area (Å²) in [6.07, 6.45) is 0.782. The molecule has 0 radical (unpaired) electrons. The summed E-state index contributed by atoms with van der Waals surface area (Å²) in [6.45, 7) is 2.24. The number of rotatable bonds is 4. The third-order valence-corrected chi connectivity index (χ3v) is 7.01. The molecule has 6 nitrogen and oxygen atoms in total. The number of aryl methyl sites for hydroxylation is 1. The molecule has 9 heteroatoms. The molecule has 1 N–H and O–H groups in total. The molecule has 0 aliphatic carbocycles. The largest absolute Gasteiger partial charge is 0.307 e. The lowest BCUT2D eigenvalue weighted by atomic mass is 10.2. The zero-order valence-corrected chi connectivity index (χ0v) is 16.5. The number of amides is 1. The molecular formula is C19H16FN3O3S2. The van der Waals surface area contributed by atoms with Crippen LogP contribution in [0.3, 0.4) is 0 Å². The second-order valence-electron chi connectivity index (χ2n) is 6.33. The summed E-state index contributed by atoms with van der Waals surface area (Å²) in [4.78, 5) is 19.2. The van der Waals surface area contributed by atoms with E-state index in [0.717, 1.165) is 41.1 Å². The molecular weight excluding hydrogens is 401 g/mol. The number of nitrogens with zero attached hydrogens (tertiary/aromatic N) is 2. The molecule has 2 aromatic carbocycles. The highest BCUT2D eigenvalue weighted by molar-refractivity contribution is 7.93. The number of anilines is 2. The Balaban J connectivity index is 1.59. The maximum absolute atomic E-state index is 13.0. The van der Waals surface area contributed by atoms with Crippen LogP contribution in [0.1, 0.15) is 20.9 Å². The van der Waals surface area contributed by atoms with E-state index in [-0.39, 0.29) is 15.9 Å². The molecule has 2 heterocycles. The van der Waals surface area contributed by atoms with Crippen molar-refractivity contribution in [3.05, 3.63) is 70.5 Å². The number of hydrogen-bond donors (Lipinski definition) is 1. The van der Waals surface area contributed by atoms with E-state index in [2.05, 4.69) is 9.71 Å². The van der Waals surface area contributed by atoms with Crippen molar-refractivity contribution in [3.63, 3.8) is 0 Å². The van der Waals surface area contributed by atoms with Crippen LogP contribution < -0.4 is 9.62 Å². The third kappa shape index (κ3) is 3.38. The summed E-state index contributed by atoms with van der Waals surface area (Å²) in [5.74, 6) is -0.727. The lowest BCUT2D eigenvalue weighted by Gasteiger charge is -2.16. The summed E-state index contributed by atoms with van der Waals surface area (Å²) < 4.78 is 40.3. The molecule has 0 fully saturated rings. The SMILES string of the molecule is Cc1nc(NS(=O)(=O)c2ccc(F)cc2)sc1C(=O)N1CCc2ccccc21. The Kier molecular flexibility index (Phi) is 4.64. The zero-order valence-electron chi connectivity index (χ0n) is 14.8. The number of hydrogen-bond acceptors (Lipinski definition) is 5. The fourth-order valence-corrected chi connectivity index (χ4v) is 5.25. The van der Waals surface area contributed by atoms with E-state index in [0.29, 0.717) is 17.1 Å². The number of carbonyl (C=O) groups is 1. The standard InChI is InChI=1S/C19H16FN3O3S2/c1-12-17(18(24)23-11-10-13-4-2-3-5-16(13)23)27-19(21-12)22-28(25,26)15-8-6-14(20)7-9-15/h2-9H,10-11H2,1H3,(H,21,22). The maximum atomic E-state index is 13.0. The summed E-state index contributed by atoms with van der Waals surface area (Å²) in [7, 11) is -3.92. The van der Waals surface area contributed by atoms with Crippen molar-refractivity contribution in [3.8, 4) is 0 Å². The van der Waals surface area contributed by atoms with Gasteiger partial charge in [-0.25, -0.2) is 17.8 Å². The Bertz CT molecular complexity index is 1160. The van der Waals surface area contributed by atoms with Gasteiger partial charge in [-0.15, -0.1) is 0 Å². The molecule has 28 heavy (non-hydrogen) atoms. The van der Waals surface area contributed by atoms with Gasteiger partial charge in [-0.05, 0) is 49.2 Å². The quantitative estimate of drug-likeness (QED) is 0.704. The average molecular weight is 417 g/mol. The molecule has 4 rings (SSSR count). The summed E-state index contributed by atoms with van der Waals surface area (Å²) in [6, 6.07) is 12.2. The summed E-state index contributed by atoms with van der Waals surface area (Å²) >= 11 is 0.987. The van der Waals surface area contributed by atoms with Gasteiger partial charge in [0.2, 0.25) is 0 Å². The normalized spacial score (nSPS) is 13.4. The van der Waals surface area contributed by atoms with Gasteiger partial charge in [0, 0.05) is 12.2 Å². The molecule has 1 aromatic heterocycles. The van der Waals surface area contributed by atoms with E-state index in [1.807, 2.05) is 24.3 Å². The monoisotopic (exact) mass is 417 g/mol. The van der Waals surface area contributed by atoms with Crippen LogP contribution in [-0.2, 0) is 16.4 Å². The molecule has 144 valence electrons. The third-order valence-electron chi connectivity index (χ3n) is 4.47. The number of carbonyl (C=O) groups excluding carboxylic acids is 1. The molecule has 0 unspecified atom stereocenters. The first kappa shape index (κ1) is 18.6. The minimum absolute atomic E-state index is 0.0805. The fraction of sp³-hybridized carbons (Fsp3) is 0.158. The van der Waals surface area contributed by atoms with E-state index < -0.39 is 15.8 Å². The Morgan fingerprint density at radius 1 is 1.18 bits per heavy atom. The number of aromatic nitrogens is 1. The highest BCUT2D eigenvalue weighted by atomic mass is 32.2. The molecule has 1 amide bonds. The highest BCUT2D eigenvalue weighted by Crippen LogP contribution is 2.32. The predicted octanol–water partition coefficient (Wildman–Crippen LogP) is 3.59. The van der Waals surface area contributed by atoms with Crippen LogP contribution in [-0.4, -0.2) is 25.9 Å². The van der Waals surface area contributed by atoms with Crippen molar-refractivity contribution in [2.24, 2.45) is 0 Å². The molecule has 0 spiro atoms. The number of nitrogens with one attached hydrogen (secondary N) is 1. The second kappa shape index (κ2) is 6.99. The first-order valence-electron chi connectivity index (χ1n) is 8.51. The summed E-state index contributed by atoms with van der Waals surface area (Å²) in [5.41, 5.74) is 2.43. The molecule has 0 atom stereocenters. The van der Waals surface area contributed by atoms with Crippen LogP contribution in [0.15, 0.2) is 53.4 Å². The van der Waals surface area contributed by atoms with Gasteiger partial charge in [-0.2, -0.15) is 0 Å². The van der Waals surface area contributed by atoms with E-state index >= 15 is 0 Å². The minimum Gasteiger partial charge on any atom is -0.307 e. The van der Waals surface area contributed by atoms with Gasteiger partial charge in [0.05, 0.1) is 10.6 Å². The first-order valence-corrected chi connectivity index (χ1v) is 10.8. The van der Waals surface area contributed by atoms with Crippen molar-refractivity contribution in [1.82, 2.24) is 4.98 Å². The molecule has 0 saturated heterocycles. The zero-order chi connectivity index (χ0) is 19.9. The second-order valence-corrected chi connectivity index (χ2v) is 9.01. The molecule has 3 aromatic rings. The number of halogens is 1. The van der Waals surface area contributed by atoms with Crippen molar-refractivity contribution in [2.75, 3.05) is 16.2 Å². The van der Waals surface area contributed by atoms with E-state index in [1.54, 1.807) is 11.8 Å². The lowest BCUT2D eigenvalue weighted by molar-refractivity contribution is 0.0992. The van der Waals surface area contributed by atoms with Crippen LogP contribution in [0.4, 0.5) is 15.2 Å². The van der Waals surface area contributed by atoms with Gasteiger partial charge in [0.15, 0.2) is 5.13 Å². The van der Waals surface area contributed by atoms with Crippen LogP contribution in [0, 0.1) is 12.7 Å². The highest BCUT2D eigenvalue weighted by Gasteiger charge is 2.28. The van der Waals surface area contributed by atoms with Gasteiger partial charge in [0.25, 0.3) is 15.9 Å². The molecule has 1 aliphatic heterocycles. The van der Waals surface area contributed by atoms with E-state index in [4.69, 9.17) is 0 Å². The number of para-hydroxylation sites is 1. The number of sulfonamides is 1. The van der Waals surface area contributed by atoms with E-state index in [1.165, 1.54) is 12.1 Å². The van der Waals surface area contributed by atoms with Crippen molar-refractivity contribution in [1.29, 1.82) is 0 Å². The average Bonchev–Trinajstić information content (AvgIpc) is 3.24. The van der Waals surface area contributed by atoms with Crippen molar-refractivity contribution in [2.45, 2.75) is 18.2 Å². The smallest absolute Gasteiger partial charge is 0.270 e.